The van der Waals surface area contributed by atoms with E-state index in [1.54, 1.807) is 6.07 Å². The second-order valence-electron chi connectivity index (χ2n) is 6.64. The Hall–Kier alpha value is -3.28. The first-order valence-corrected chi connectivity index (χ1v) is 8.55. The van der Waals surface area contributed by atoms with E-state index >= 15 is 0 Å². The van der Waals surface area contributed by atoms with Crippen molar-refractivity contribution in [3.63, 3.8) is 0 Å². The van der Waals surface area contributed by atoms with Gasteiger partial charge in [0.05, 0.1) is 0 Å². The molecule has 27 heavy (non-hydrogen) atoms. The van der Waals surface area contributed by atoms with Crippen molar-refractivity contribution in [2.75, 3.05) is 5.32 Å². The maximum atomic E-state index is 11.9. The predicted molar refractivity (Wildman–Crippen MR) is 99.9 cm³/mol. The number of nitrogens with one attached hydrogen (secondary N) is 1. The maximum absolute atomic E-state index is 11.9. The fraction of sp³-hybridized carbons (Fsp3) is 0.238. The lowest BCUT2D eigenvalue weighted by atomic mass is 10.2. The summed E-state index contributed by atoms with van der Waals surface area (Å²) in [4.78, 5) is 23.9. The largest absolute Gasteiger partial charge is 0.489 e. The third-order valence-corrected chi connectivity index (χ3v) is 3.91. The van der Waals surface area contributed by atoms with Crippen LogP contribution in [0.25, 0.3) is 0 Å². The molecule has 0 atom stereocenters. The van der Waals surface area contributed by atoms with Crippen molar-refractivity contribution < 1.29 is 23.8 Å². The summed E-state index contributed by atoms with van der Waals surface area (Å²) >= 11 is 0. The first kappa shape index (κ1) is 18.5. The number of benzene rings is 2. The van der Waals surface area contributed by atoms with Crippen molar-refractivity contribution in [2.45, 2.75) is 33.2 Å². The highest BCUT2D eigenvalue weighted by Gasteiger charge is 2.38. The third kappa shape index (κ3) is 4.67. The summed E-state index contributed by atoms with van der Waals surface area (Å²) in [7, 11) is 0. The minimum absolute atomic E-state index is 0.184. The number of hydrogen-bond donors (Lipinski definition) is 1. The summed E-state index contributed by atoms with van der Waals surface area (Å²) in [5, 5.41) is 2.93. The van der Waals surface area contributed by atoms with Crippen LogP contribution in [0.3, 0.4) is 0 Å². The molecule has 0 saturated carbocycles. The van der Waals surface area contributed by atoms with E-state index in [2.05, 4.69) is 5.32 Å². The number of esters is 2. The Balaban J connectivity index is 1.65. The Morgan fingerprint density at radius 1 is 1.04 bits per heavy atom. The van der Waals surface area contributed by atoms with Crippen LogP contribution in [-0.2, 0) is 25.7 Å². The molecule has 0 aromatic heterocycles. The molecular weight excluding hydrogens is 346 g/mol. The van der Waals surface area contributed by atoms with Gasteiger partial charge in [-0.05, 0) is 36.2 Å². The monoisotopic (exact) mass is 367 g/mol. The van der Waals surface area contributed by atoms with E-state index in [9.17, 15) is 9.59 Å². The molecule has 1 aliphatic rings. The van der Waals surface area contributed by atoms with E-state index in [1.165, 1.54) is 20.0 Å². The molecule has 2 aromatic carbocycles. The topological polar surface area (TPSA) is 73.9 Å². The molecule has 1 fully saturated rings. The average Bonchev–Trinajstić information content (AvgIpc) is 2.60. The van der Waals surface area contributed by atoms with Crippen LogP contribution in [0.4, 0.5) is 5.69 Å². The SMILES string of the molecule is Cc1cc(NC=C2C(=O)OC(C)(C)OC2=O)ccc1OCc1ccccc1. The molecule has 3 rings (SSSR count). The van der Waals surface area contributed by atoms with Crippen LogP contribution in [0.1, 0.15) is 25.0 Å². The van der Waals surface area contributed by atoms with Crippen LogP contribution in [0.2, 0.25) is 0 Å². The van der Waals surface area contributed by atoms with E-state index in [0.29, 0.717) is 12.3 Å². The van der Waals surface area contributed by atoms with Gasteiger partial charge in [0, 0.05) is 25.7 Å². The predicted octanol–water partition coefficient (Wildman–Crippen LogP) is 3.71. The second kappa shape index (κ2) is 7.53. The third-order valence-electron chi connectivity index (χ3n) is 3.91. The summed E-state index contributed by atoms with van der Waals surface area (Å²) < 4.78 is 15.9. The molecule has 2 aromatic rings. The number of cyclic esters (lactones) is 2. The fourth-order valence-corrected chi connectivity index (χ4v) is 2.57. The Morgan fingerprint density at radius 2 is 1.70 bits per heavy atom. The smallest absolute Gasteiger partial charge is 0.350 e. The van der Waals surface area contributed by atoms with E-state index in [0.717, 1.165) is 16.9 Å². The van der Waals surface area contributed by atoms with E-state index in [-0.39, 0.29) is 5.57 Å². The molecule has 0 aliphatic carbocycles. The molecule has 0 bridgehead atoms. The van der Waals surface area contributed by atoms with Gasteiger partial charge in [-0.25, -0.2) is 9.59 Å². The van der Waals surface area contributed by atoms with Crippen LogP contribution in [0.5, 0.6) is 5.75 Å². The highest BCUT2D eigenvalue weighted by molar-refractivity contribution is 6.15. The van der Waals surface area contributed by atoms with Crippen molar-refractivity contribution in [3.05, 3.63) is 71.4 Å². The first-order valence-electron chi connectivity index (χ1n) is 8.55. The molecule has 0 radical (unpaired) electrons. The first-order chi connectivity index (χ1) is 12.8. The van der Waals surface area contributed by atoms with Crippen molar-refractivity contribution in [2.24, 2.45) is 0 Å². The highest BCUT2D eigenvalue weighted by Crippen LogP contribution is 2.25. The summed E-state index contributed by atoms with van der Waals surface area (Å²) in [6.45, 7) is 5.41. The Labute approximate surface area is 157 Å². The van der Waals surface area contributed by atoms with Gasteiger partial charge in [-0.3, -0.25) is 0 Å². The number of aryl methyl sites for hydroxylation is 1. The quantitative estimate of drug-likeness (QED) is 0.493. The Kier molecular flexibility index (Phi) is 5.16. The highest BCUT2D eigenvalue weighted by atomic mass is 16.7. The van der Waals surface area contributed by atoms with Crippen LogP contribution in [0, 0.1) is 6.92 Å². The minimum Gasteiger partial charge on any atom is -0.489 e. The van der Waals surface area contributed by atoms with Gasteiger partial charge in [0.25, 0.3) is 5.79 Å². The van der Waals surface area contributed by atoms with E-state index in [4.69, 9.17) is 14.2 Å². The van der Waals surface area contributed by atoms with Gasteiger partial charge in [0.1, 0.15) is 12.4 Å². The maximum Gasteiger partial charge on any atom is 0.350 e. The van der Waals surface area contributed by atoms with Gasteiger partial charge in [-0.1, -0.05) is 30.3 Å². The zero-order valence-electron chi connectivity index (χ0n) is 15.4. The summed E-state index contributed by atoms with van der Waals surface area (Å²) in [6, 6.07) is 15.4. The Morgan fingerprint density at radius 3 is 2.33 bits per heavy atom. The lowest BCUT2D eigenvalue weighted by Crippen LogP contribution is -2.42. The molecule has 140 valence electrons. The number of rotatable bonds is 5. The average molecular weight is 367 g/mol. The van der Waals surface area contributed by atoms with Crippen LogP contribution in [-0.4, -0.2) is 17.7 Å². The van der Waals surface area contributed by atoms with E-state index < -0.39 is 17.7 Å². The van der Waals surface area contributed by atoms with Crippen molar-refractivity contribution >= 4 is 17.6 Å². The zero-order valence-corrected chi connectivity index (χ0v) is 15.4. The second-order valence-corrected chi connectivity index (χ2v) is 6.64. The number of ether oxygens (including phenoxy) is 3. The molecule has 6 nitrogen and oxygen atoms in total. The van der Waals surface area contributed by atoms with Gasteiger partial charge in [-0.2, -0.15) is 0 Å². The number of carbonyl (C=O) groups excluding carboxylic acids is 2. The molecular formula is C21H21NO5. The molecule has 1 saturated heterocycles. The van der Waals surface area contributed by atoms with Gasteiger partial charge < -0.3 is 19.5 Å². The molecule has 0 spiro atoms. The summed E-state index contributed by atoms with van der Waals surface area (Å²) in [5.74, 6) is -1.93. The van der Waals surface area contributed by atoms with Crippen LogP contribution in [0.15, 0.2) is 60.3 Å². The summed E-state index contributed by atoms with van der Waals surface area (Å²) in [5.41, 5.74) is 2.53. The molecule has 1 aliphatic heterocycles. The number of hydrogen-bond acceptors (Lipinski definition) is 6. The fourth-order valence-electron chi connectivity index (χ4n) is 2.57. The van der Waals surface area contributed by atoms with Gasteiger partial charge in [0.2, 0.25) is 0 Å². The standard InChI is InChI=1S/C21H21NO5/c1-14-11-16(9-10-18(14)25-13-15-7-5-4-6-8-15)22-12-17-19(23)26-21(2,3)27-20(17)24/h4-12,22H,13H2,1-3H3. The molecule has 6 heteroatoms. The van der Waals surface area contributed by atoms with Gasteiger partial charge >= 0.3 is 11.9 Å². The van der Waals surface area contributed by atoms with Crippen LogP contribution < -0.4 is 10.1 Å². The van der Waals surface area contributed by atoms with Crippen molar-refractivity contribution in [1.29, 1.82) is 0 Å². The summed E-state index contributed by atoms with van der Waals surface area (Å²) in [6.07, 6.45) is 1.29. The number of anilines is 1. The molecule has 0 amide bonds. The van der Waals surface area contributed by atoms with Gasteiger partial charge in [-0.15, -0.1) is 0 Å². The van der Waals surface area contributed by atoms with Crippen molar-refractivity contribution in [1.82, 2.24) is 0 Å². The van der Waals surface area contributed by atoms with E-state index in [1.807, 2.05) is 49.4 Å². The van der Waals surface area contributed by atoms with Gasteiger partial charge in [0.15, 0.2) is 5.57 Å². The molecule has 1 heterocycles. The molecule has 1 N–H and O–H groups in total. The molecule has 0 unspecified atom stereocenters. The van der Waals surface area contributed by atoms with Crippen LogP contribution >= 0.6 is 0 Å². The van der Waals surface area contributed by atoms with Crippen molar-refractivity contribution in [3.8, 4) is 5.75 Å². The minimum atomic E-state index is -1.25. The Bertz CT molecular complexity index is 865. The normalized spacial score (nSPS) is 15.6. The lowest BCUT2D eigenvalue weighted by molar-refractivity contribution is -0.222. The number of carbonyl (C=O) groups is 2. The zero-order chi connectivity index (χ0) is 19.4. The lowest BCUT2D eigenvalue weighted by Gasteiger charge is -2.29.